The maximum absolute atomic E-state index is 14.2. The van der Waals surface area contributed by atoms with Gasteiger partial charge in [0.2, 0.25) is 0 Å². The van der Waals surface area contributed by atoms with Crippen molar-refractivity contribution < 1.29 is 9.84 Å². The normalized spacial score (nSPS) is 11.3. The zero-order valence-electron chi connectivity index (χ0n) is 22.0. The Labute approximate surface area is 220 Å². The summed E-state index contributed by atoms with van der Waals surface area (Å²) < 4.78 is 12.2. The lowest BCUT2D eigenvalue weighted by Crippen LogP contribution is -2.26. The first kappa shape index (κ1) is 25.0. The summed E-state index contributed by atoms with van der Waals surface area (Å²) >= 11 is 0. The van der Waals surface area contributed by atoms with Crippen LogP contribution >= 0.6 is 0 Å². The Bertz CT molecular complexity index is 1640. The van der Waals surface area contributed by atoms with Gasteiger partial charge in [0.05, 0.1) is 29.6 Å². The minimum Gasteiger partial charge on any atom is -0.504 e. The van der Waals surface area contributed by atoms with Crippen LogP contribution in [0.1, 0.15) is 34.0 Å². The molecule has 5 rings (SSSR count). The Morgan fingerprint density at radius 2 is 1.16 bits per heavy atom. The summed E-state index contributed by atoms with van der Waals surface area (Å²) in [5, 5.41) is 10.3. The SMILES string of the molecule is COc1cc(C(c2c(C)n(C)n(-c3ccccc3)c2=O)c2c(C)n(C)n(-c3ccccc3)c2=O)ccc1O. The number of aromatic hydroxyl groups is 1. The van der Waals surface area contributed by atoms with Gasteiger partial charge in [-0.15, -0.1) is 0 Å². The molecule has 0 spiro atoms. The van der Waals surface area contributed by atoms with Gasteiger partial charge in [0, 0.05) is 31.4 Å². The zero-order chi connectivity index (χ0) is 27.1. The topological polar surface area (TPSA) is 83.3 Å². The molecule has 0 saturated heterocycles. The number of aromatic nitrogens is 4. The van der Waals surface area contributed by atoms with Crippen LogP contribution in [0.5, 0.6) is 11.5 Å². The van der Waals surface area contributed by atoms with Gasteiger partial charge in [-0.05, 0) is 55.8 Å². The van der Waals surface area contributed by atoms with Crippen molar-refractivity contribution in [3.8, 4) is 22.9 Å². The first-order chi connectivity index (χ1) is 18.3. The second-order valence-corrected chi connectivity index (χ2v) is 9.31. The van der Waals surface area contributed by atoms with Crippen LogP contribution in [0, 0.1) is 13.8 Å². The monoisotopic (exact) mass is 510 g/mol. The highest BCUT2D eigenvalue weighted by Crippen LogP contribution is 2.37. The van der Waals surface area contributed by atoms with Gasteiger partial charge in [0.15, 0.2) is 11.5 Å². The molecule has 38 heavy (non-hydrogen) atoms. The highest BCUT2D eigenvalue weighted by Gasteiger charge is 2.33. The average Bonchev–Trinajstić information content (AvgIpc) is 3.28. The van der Waals surface area contributed by atoms with E-state index in [0.29, 0.717) is 16.7 Å². The summed E-state index contributed by atoms with van der Waals surface area (Å²) in [7, 11) is 5.14. The van der Waals surface area contributed by atoms with Crippen molar-refractivity contribution in [1.82, 2.24) is 18.7 Å². The smallest absolute Gasteiger partial charge is 0.275 e. The van der Waals surface area contributed by atoms with E-state index in [1.807, 2.05) is 98.0 Å². The number of ether oxygens (including phenoxy) is 1. The molecule has 8 nitrogen and oxygen atoms in total. The van der Waals surface area contributed by atoms with Gasteiger partial charge in [-0.25, -0.2) is 9.36 Å². The fraction of sp³-hybridized carbons (Fsp3) is 0.200. The molecule has 1 N–H and O–H groups in total. The minimum absolute atomic E-state index is 0.0204. The molecular formula is C30H30N4O4. The van der Waals surface area contributed by atoms with E-state index in [1.165, 1.54) is 13.2 Å². The molecular weight excluding hydrogens is 480 g/mol. The van der Waals surface area contributed by atoms with E-state index in [2.05, 4.69) is 0 Å². The van der Waals surface area contributed by atoms with Crippen LogP contribution in [-0.4, -0.2) is 30.9 Å². The van der Waals surface area contributed by atoms with Crippen molar-refractivity contribution in [3.05, 3.63) is 128 Å². The highest BCUT2D eigenvalue weighted by atomic mass is 16.5. The fourth-order valence-corrected chi connectivity index (χ4v) is 5.19. The molecule has 0 unspecified atom stereocenters. The lowest BCUT2D eigenvalue weighted by molar-refractivity contribution is 0.373. The number of phenolic OH excluding ortho intramolecular Hbond substituents is 1. The molecule has 0 fully saturated rings. The maximum Gasteiger partial charge on any atom is 0.275 e. The first-order valence-electron chi connectivity index (χ1n) is 12.3. The van der Waals surface area contributed by atoms with Crippen molar-refractivity contribution >= 4 is 0 Å². The molecule has 3 aromatic carbocycles. The predicted molar refractivity (Wildman–Crippen MR) is 147 cm³/mol. The number of nitrogens with zero attached hydrogens (tertiary/aromatic N) is 4. The predicted octanol–water partition coefficient (Wildman–Crippen LogP) is 4.18. The summed E-state index contributed by atoms with van der Waals surface area (Å²) in [6, 6.07) is 23.8. The van der Waals surface area contributed by atoms with Crippen LogP contribution in [0.4, 0.5) is 0 Å². The van der Waals surface area contributed by atoms with Crippen molar-refractivity contribution in [1.29, 1.82) is 0 Å². The Hall–Kier alpha value is -4.72. The van der Waals surface area contributed by atoms with Crippen LogP contribution in [-0.2, 0) is 14.1 Å². The lowest BCUT2D eigenvalue weighted by atomic mass is 9.85. The molecule has 2 aromatic heterocycles. The number of hydrogen-bond donors (Lipinski definition) is 1. The molecule has 0 bridgehead atoms. The van der Waals surface area contributed by atoms with E-state index in [0.717, 1.165) is 22.8 Å². The number of methoxy groups -OCH3 is 1. The molecule has 8 heteroatoms. The van der Waals surface area contributed by atoms with Gasteiger partial charge in [-0.1, -0.05) is 42.5 Å². The Morgan fingerprint density at radius 3 is 1.58 bits per heavy atom. The van der Waals surface area contributed by atoms with Crippen molar-refractivity contribution in [3.63, 3.8) is 0 Å². The third-order valence-corrected chi connectivity index (χ3v) is 7.31. The Balaban J connectivity index is 1.86. The number of phenols is 1. The van der Waals surface area contributed by atoms with Crippen molar-refractivity contribution in [2.75, 3.05) is 7.11 Å². The summed E-state index contributed by atoms with van der Waals surface area (Å²) in [4.78, 5) is 28.3. The number of hydrogen-bond acceptors (Lipinski definition) is 4. The molecule has 0 amide bonds. The van der Waals surface area contributed by atoms with Gasteiger partial charge in [0.1, 0.15) is 0 Å². The second-order valence-electron chi connectivity index (χ2n) is 9.31. The van der Waals surface area contributed by atoms with Gasteiger partial charge < -0.3 is 9.84 Å². The average molecular weight is 511 g/mol. The molecule has 0 atom stereocenters. The van der Waals surface area contributed by atoms with Crippen molar-refractivity contribution in [2.24, 2.45) is 14.1 Å². The van der Waals surface area contributed by atoms with E-state index in [4.69, 9.17) is 4.74 Å². The van der Waals surface area contributed by atoms with E-state index in [-0.39, 0.29) is 22.6 Å². The molecule has 2 heterocycles. The third kappa shape index (κ3) is 3.85. The lowest BCUT2D eigenvalue weighted by Gasteiger charge is -2.17. The highest BCUT2D eigenvalue weighted by molar-refractivity contribution is 5.52. The van der Waals surface area contributed by atoms with Crippen LogP contribution in [0.2, 0.25) is 0 Å². The molecule has 0 aliphatic rings. The Kier molecular flexibility index (Phi) is 6.32. The largest absolute Gasteiger partial charge is 0.504 e. The van der Waals surface area contributed by atoms with Gasteiger partial charge >= 0.3 is 0 Å². The van der Waals surface area contributed by atoms with E-state index >= 15 is 0 Å². The second kappa shape index (κ2) is 9.63. The van der Waals surface area contributed by atoms with E-state index in [1.54, 1.807) is 21.5 Å². The van der Waals surface area contributed by atoms with E-state index in [9.17, 15) is 14.7 Å². The van der Waals surface area contributed by atoms with E-state index < -0.39 is 5.92 Å². The number of para-hydroxylation sites is 2. The first-order valence-corrected chi connectivity index (χ1v) is 12.3. The van der Waals surface area contributed by atoms with Crippen LogP contribution in [0.25, 0.3) is 11.4 Å². The molecule has 194 valence electrons. The minimum atomic E-state index is -0.711. The van der Waals surface area contributed by atoms with Crippen molar-refractivity contribution in [2.45, 2.75) is 19.8 Å². The molecule has 5 aromatic rings. The maximum atomic E-state index is 14.2. The summed E-state index contributed by atoms with van der Waals surface area (Å²) in [5.74, 6) is -0.466. The quantitative estimate of drug-likeness (QED) is 0.372. The summed E-state index contributed by atoms with van der Waals surface area (Å²) in [5.41, 5.74) is 4.09. The van der Waals surface area contributed by atoms with Gasteiger partial charge in [-0.2, -0.15) is 0 Å². The fourth-order valence-electron chi connectivity index (χ4n) is 5.19. The molecule has 0 aliphatic carbocycles. The van der Waals surface area contributed by atoms with Gasteiger partial charge in [0.25, 0.3) is 11.1 Å². The Morgan fingerprint density at radius 1 is 0.711 bits per heavy atom. The standard InChI is InChI=1S/C30H30N4O4/c1-19-26(29(36)33(31(19)3)22-12-8-6-9-13-22)28(21-16-17-24(35)25(18-21)38-5)27-20(2)32(4)34(30(27)37)23-14-10-7-11-15-23/h6-18,28,35H,1-5H3. The number of benzene rings is 3. The number of rotatable bonds is 6. The molecule has 0 radical (unpaired) electrons. The van der Waals surface area contributed by atoms with Gasteiger partial charge in [-0.3, -0.25) is 19.0 Å². The summed E-state index contributed by atoms with van der Waals surface area (Å²) in [6.07, 6.45) is 0. The molecule has 0 saturated carbocycles. The summed E-state index contributed by atoms with van der Waals surface area (Å²) in [6.45, 7) is 3.77. The van der Waals surface area contributed by atoms with Crippen LogP contribution in [0.3, 0.4) is 0 Å². The zero-order valence-corrected chi connectivity index (χ0v) is 22.0. The van der Waals surface area contributed by atoms with Crippen LogP contribution in [0.15, 0.2) is 88.5 Å². The van der Waals surface area contributed by atoms with Crippen LogP contribution < -0.4 is 15.9 Å². The third-order valence-electron chi connectivity index (χ3n) is 7.31. The molecule has 0 aliphatic heterocycles.